The Labute approximate surface area is 181 Å². The summed E-state index contributed by atoms with van der Waals surface area (Å²) >= 11 is 0. The van der Waals surface area contributed by atoms with Crippen LogP contribution < -0.4 is 19.8 Å². The lowest BCUT2D eigenvalue weighted by Gasteiger charge is -2.20. The molecule has 3 aromatic carbocycles. The second-order valence-electron chi connectivity index (χ2n) is 8.05. The zero-order valence-electron chi connectivity index (χ0n) is 17.9. The van der Waals surface area contributed by atoms with Crippen LogP contribution in [0.5, 0.6) is 11.5 Å². The summed E-state index contributed by atoms with van der Waals surface area (Å²) in [5.74, 6) is 1.50. The molecule has 1 saturated heterocycles. The Kier molecular flexibility index (Phi) is 5.02. The largest absolute Gasteiger partial charge is 0.497 e. The van der Waals surface area contributed by atoms with Gasteiger partial charge in [0.25, 0.3) is 0 Å². The van der Waals surface area contributed by atoms with Crippen LogP contribution in [0.25, 0.3) is 21.8 Å². The Bertz CT molecular complexity index is 1300. The van der Waals surface area contributed by atoms with Gasteiger partial charge >= 0.3 is 0 Å². The van der Waals surface area contributed by atoms with Gasteiger partial charge in [-0.3, -0.25) is 4.79 Å². The molecule has 0 aliphatic carbocycles. The Morgan fingerprint density at radius 3 is 2.19 bits per heavy atom. The van der Waals surface area contributed by atoms with E-state index in [0.29, 0.717) is 6.54 Å². The molecule has 5 heteroatoms. The van der Waals surface area contributed by atoms with Crippen molar-refractivity contribution in [3.8, 4) is 11.5 Å². The highest BCUT2D eigenvalue weighted by Gasteiger charge is 2.16. The van der Waals surface area contributed by atoms with E-state index >= 15 is 0 Å². The van der Waals surface area contributed by atoms with Crippen molar-refractivity contribution in [2.45, 2.75) is 19.4 Å². The first kappa shape index (κ1) is 19.5. The monoisotopic (exact) mass is 414 g/mol. The number of hydrogen-bond acceptors (Lipinski definition) is 4. The van der Waals surface area contributed by atoms with Gasteiger partial charge in [0.2, 0.25) is 0 Å². The molecule has 5 nitrogen and oxygen atoms in total. The van der Waals surface area contributed by atoms with Crippen LogP contribution in [0.3, 0.4) is 0 Å². The van der Waals surface area contributed by atoms with E-state index in [4.69, 9.17) is 9.47 Å². The van der Waals surface area contributed by atoms with Crippen LogP contribution in [-0.2, 0) is 6.54 Å². The first-order valence-electron chi connectivity index (χ1n) is 10.7. The number of fused-ring (bicyclic) bond motifs is 2. The summed E-state index contributed by atoms with van der Waals surface area (Å²) in [6.07, 6.45) is 2.41. The fourth-order valence-corrected chi connectivity index (χ4v) is 4.60. The van der Waals surface area contributed by atoms with Gasteiger partial charge in [0.05, 0.1) is 25.3 Å². The van der Waals surface area contributed by atoms with E-state index in [1.54, 1.807) is 14.2 Å². The van der Waals surface area contributed by atoms with Crippen LogP contribution in [0.1, 0.15) is 18.4 Å². The summed E-state index contributed by atoms with van der Waals surface area (Å²) in [6, 6.07) is 20.0. The number of methoxy groups -OCH3 is 2. The molecule has 4 aromatic rings. The first-order valence-corrected chi connectivity index (χ1v) is 10.7. The van der Waals surface area contributed by atoms with E-state index in [0.717, 1.165) is 57.6 Å². The maximum atomic E-state index is 13.4. The van der Waals surface area contributed by atoms with Crippen molar-refractivity contribution < 1.29 is 9.47 Å². The van der Waals surface area contributed by atoms with E-state index < -0.39 is 0 Å². The van der Waals surface area contributed by atoms with Crippen molar-refractivity contribution in [3.05, 3.63) is 76.5 Å². The Morgan fingerprint density at radius 2 is 1.48 bits per heavy atom. The van der Waals surface area contributed by atoms with E-state index in [9.17, 15) is 4.79 Å². The third-order valence-electron chi connectivity index (χ3n) is 6.18. The number of aromatic nitrogens is 1. The number of benzene rings is 3. The van der Waals surface area contributed by atoms with E-state index in [-0.39, 0.29) is 5.43 Å². The molecule has 0 spiro atoms. The number of rotatable bonds is 5. The van der Waals surface area contributed by atoms with Crippen LogP contribution in [0.2, 0.25) is 0 Å². The van der Waals surface area contributed by atoms with Gasteiger partial charge in [0, 0.05) is 42.2 Å². The summed E-state index contributed by atoms with van der Waals surface area (Å²) in [5, 5.41) is 1.50. The summed E-state index contributed by atoms with van der Waals surface area (Å²) in [6.45, 7) is 2.71. The molecular formula is C26H26N2O3. The molecule has 0 N–H and O–H groups in total. The van der Waals surface area contributed by atoms with Gasteiger partial charge in [-0.2, -0.15) is 0 Å². The molecule has 1 aliphatic heterocycles. The predicted octanol–water partition coefficient (Wildman–Crippen LogP) is 4.82. The molecule has 0 bridgehead atoms. The Hall–Kier alpha value is -3.47. The van der Waals surface area contributed by atoms with Crippen LogP contribution in [0, 0.1) is 0 Å². The second kappa shape index (κ2) is 7.99. The third kappa shape index (κ3) is 3.50. The first-order chi connectivity index (χ1) is 15.2. The predicted molar refractivity (Wildman–Crippen MR) is 126 cm³/mol. The second-order valence-corrected chi connectivity index (χ2v) is 8.05. The molecule has 2 heterocycles. The van der Waals surface area contributed by atoms with Crippen molar-refractivity contribution >= 4 is 27.5 Å². The van der Waals surface area contributed by atoms with Crippen molar-refractivity contribution in [2.75, 3.05) is 32.2 Å². The van der Waals surface area contributed by atoms with Gasteiger partial charge in [0.1, 0.15) is 11.5 Å². The molecule has 0 radical (unpaired) electrons. The van der Waals surface area contributed by atoms with Gasteiger partial charge in [-0.1, -0.05) is 12.1 Å². The highest BCUT2D eigenvalue weighted by Crippen LogP contribution is 2.28. The van der Waals surface area contributed by atoms with Crippen LogP contribution in [-0.4, -0.2) is 31.9 Å². The number of nitrogens with zero attached hydrogens (tertiary/aromatic N) is 2. The van der Waals surface area contributed by atoms with Gasteiger partial charge in [-0.25, -0.2) is 0 Å². The lowest BCUT2D eigenvalue weighted by Crippen LogP contribution is -2.18. The smallest absolute Gasteiger partial charge is 0.197 e. The summed E-state index contributed by atoms with van der Waals surface area (Å²) in [7, 11) is 3.31. The standard InChI is InChI=1S/C26H26N2O3/c1-30-20-13-18(14-21(16-20)31-2)17-28-24-8-4-3-7-22(24)26(29)23-15-19(9-10-25(23)28)27-11-5-6-12-27/h3-4,7-10,13-16H,5-6,11-12,17H2,1-2H3. The molecule has 1 aromatic heterocycles. The molecule has 5 rings (SSSR count). The van der Waals surface area contributed by atoms with E-state index in [1.165, 1.54) is 12.8 Å². The molecule has 0 amide bonds. The van der Waals surface area contributed by atoms with E-state index in [1.807, 2.05) is 42.5 Å². The lowest BCUT2D eigenvalue weighted by atomic mass is 10.1. The number of para-hydroxylation sites is 1. The van der Waals surface area contributed by atoms with Crippen LogP contribution in [0.4, 0.5) is 5.69 Å². The van der Waals surface area contributed by atoms with Crippen molar-refractivity contribution in [2.24, 2.45) is 0 Å². The van der Waals surface area contributed by atoms with Gasteiger partial charge < -0.3 is 18.9 Å². The SMILES string of the molecule is COc1cc(Cn2c3ccccc3c(=O)c3cc(N4CCCC4)ccc32)cc(OC)c1. The molecule has 0 saturated carbocycles. The van der Waals surface area contributed by atoms with Crippen LogP contribution >= 0.6 is 0 Å². The normalized spacial score (nSPS) is 13.8. The molecule has 0 atom stereocenters. The Morgan fingerprint density at radius 1 is 0.806 bits per heavy atom. The topological polar surface area (TPSA) is 43.7 Å². The molecule has 0 unspecified atom stereocenters. The average Bonchev–Trinajstić information content (AvgIpc) is 3.36. The molecule has 158 valence electrons. The molecule has 31 heavy (non-hydrogen) atoms. The molecule has 1 aliphatic rings. The lowest BCUT2D eigenvalue weighted by molar-refractivity contribution is 0.393. The maximum absolute atomic E-state index is 13.4. The minimum absolute atomic E-state index is 0.0890. The minimum atomic E-state index is 0.0890. The van der Waals surface area contributed by atoms with Crippen molar-refractivity contribution in [1.82, 2.24) is 4.57 Å². The quantitative estimate of drug-likeness (QED) is 0.439. The zero-order chi connectivity index (χ0) is 21.4. The van der Waals surface area contributed by atoms with Gasteiger partial charge in [-0.15, -0.1) is 0 Å². The highest BCUT2D eigenvalue weighted by molar-refractivity contribution is 5.95. The average molecular weight is 415 g/mol. The van der Waals surface area contributed by atoms with Crippen molar-refractivity contribution in [3.63, 3.8) is 0 Å². The van der Waals surface area contributed by atoms with Crippen LogP contribution in [0.15, 0.2) is 65.5 Å². The van der Waals surface area contributed by atoms with Gasteiger partial charge in [-0.05, 0) is 60.9 Å². The third-order valence-corrected chi connectivity index (χ3v) is 6.18. The van der Waals surface area contributed by atoms with Crippen molar-refractivity contribution in [1.29, 1.82) is 0 Å². The molecule has 1 fully saturated rings. The summed E-state index contributed by atoms with van der Waals surface area (Å²) in [5.41, 5.74) is 4.14. The Balaban J connectivity index is 1.72. The number of pyridine rings is 1. The fourth-order valence-electron chi connectivity index (χ4n) is 4.60. The molecular weight excluding hydrogens is 388 g/mol. The summed E-state index contributed by atoms with van der Waals surface area (Å²) < 4.78 is 13.1. The number of ether oxygens (including phenoxy) is 2. The van der Waals surface area contributed by atoms with Gasteiger partial charge in [0.15, 0.2) is 5.43 Å². The minimum Gasteiger partial charge on any atom is -0.497 e. The number of hydrogen-bond donors (Lipinski definition) is 0. The number of anilines is 1. The highest BCUT2D eigenvalue weighted by atomic mass is 16.5. The summed E-state index contributed by atoms with van der Waals surface area (Å²) in [4.78, 5) is 15.8. The van der Waals surface area contributed by atoms with E-state index in [2.05, 4.69) is 27.7 Å². The zero-order valence-corrected chi connectivity index (χ0v) is 17.9. The maximum Gasteiger partial charge on any atom is 0.197 e. The fraction of sp³-hybridized carbons (Fsp3) is 0.269.